The highest BCUT2D eigenvalue weighted by Crippen LogP contribution is 2.41. The molecule has 202 valence electrons. The van der Waals surface area contributed by atoms with Crippen LogP contribution in [0.2, 0.25) is 0 Å². The molecule has 0 spiro atoms. The first-order chi connectivity index (χ1) is 21.3. The lowest BCUT2D eigenvalue weighted by molar-refractivity contribution is 0.982. The van der Waals surface area contributed by atoms with Crippen LogP contribution in [0.3, 0.4) is 0 Å². The van der Waals surface area contributed by atoms with Gasteiger partial charge in [-0.15, -0.1) is 0 Å². The Morgan fingerprint density at radius 2 is 0.953 bits per heavy atom. The molecule has 0 aliphatic rings. The molecule has 9 rings (SSSR count). The third-order valence-electron chi connectivity index (χ3n) is 8.65. The first-order valence-corrected chi connectivity index (χ1v) is 14.9. The third-order valence-corrected chi connectivity index (χ3v) is 9.01. The van der Waals surface area contributed by atoms with E-state index in [2.05, 4.69) is 159 Å². The van der Waals surface area contributed by atoms with Crippen LogP contribution in [0.1, 0.15) is 0 Å². The SMILES string of the molecule is S=c1n(-c2ccccc2)c2ccccc2c2c(-n3c4ccccc4c4cc(-c5ccccc5)ccc43)c3ccccc3n12. The zero-order valence-corrected chi connectivity index (χ0v) is 24.0. The van der Waals surface area contributed by atoms with Crippen LogP contribution in [0, 0.1) is 4.77 Å². The van der Waals surface area contributed by atoms with Crippen molar-refractivity contribution in [1.29, 1.82) is 0 Å². The minimum absolute atomic E-state index is 0.745. The molecule has 0 unspecified atom stereocenters. The summed E-state index contributed by atoms with van der Waals surface area (Å²) in [6.07, 6.45) is 0. The van der Waals surface area contributed by atoms with Gasteiger partial charge in [0.1, 0.15) is 0 Å². The van der Waals surface area contributed by atoms with E-state index in [0.29, 0.717) is 0 Å². The van der Waals surface area contributed by atoms with Gasteiger partial charge in [-0.05, 0) is 65.8 Å². The van der Waals surface area contributed by atoms with Gasteiger partial charge in [0.25, 0.3) is 0 Å². The topological polar surface area (TPSA) is 14.3 Å². The summed E-state index contributed by atoms with van der Waals surface area (Å²) in [5, 5.41) is 4.79. The zero-order chi connectivity index (χ0) is 28.5. The maximum absolute atomic E-state index is 6.35. The number of hydrogen-bond donors (Lipinski definition) is 0. The van der Waals surface area contributed by atoms with Crippen molar-refractivity contribution in [3.05, 3.63) is 156 Å². The predicted octanol–water partition coefficient (Wildman–Crippen LogP) is 10.5. The Morgan fingerprint density at radius 1 is 0.395 bits per heavy atom. The minimum Gasteiger partial charge on any atom is -0.306 e. The monoisotopic (exact) mass is 567 g/mol. The molecule has 0 bridgehead atoms. The van der Waals surface area contributed by atoms with Gasteiger partial charge < -0.3 is 4.57 Å². The van der Waals surface area contributed by atoms with Gasteiger partial charge in [-0.25, -0.2) is 0 Å². The molecule has 4 heteroatoms. The molecule has 0 saturated heterocycles. The molecule has 0 amide bonds. The van der Waals surface area contributed by atoms with Gasteiger partial charge in [-0.2, -0.15) is 0 Å². The Balaban J connectivity index is 1.49. The van der Waals surface area contributed by atoms with Crippen LogP contribution in [0.5, 0.6) is 0 Å². The summed E-state index contributed by atoms with van der Waals surface area (Å²) in [6, 6.07) is 53.9. The van der Waals surface area contributed by atoms with Crippen molar-refractivity contribution in [2.45, 2.75) is 0 Å². The number of hydrogen-bond acceptors (Lipinski definition) is 1. The Hall–Kier alpha value is -5.45. The fraction of sp³-hybridized carbons (Fsp3) is 0. The maximum atomic E-state index is 6.35. The van der Waals surface area contributed by atoms with Gasteiger partial charge in [-0.1, -0.05) is 109 Å². The van der Waals surface area contributed by atoms with Crippen LogP contribution < -0.4 is 0 Å². The summed E-state index contributed by atoms with van der Waals surface area (Å²) in [5.41, 5.74) is 10.3. The van der Waals surface area contributed by atoms with Gasteiger partial charge in [0.15, 0.2) is 4.77 Å². The van der Waals surface area contributed by atoms with Crippen LogP contribution in [0.4, 0.5) is 0 Å². The van der Waals surface area contributed by atoms with E-state index in [1.165, 1.54) is 38.3 Å². The molecule has 9 aromatic rings. The predicted molar refractivity (Wildman–Crippen MR) is 182 cm³/mol. The van der Waals surface area contributed by atoms with E-state index in [1.807, 2.05) is 6.07 Å². The number of para-hydroxylation sites is 4. The van der Waals surface area contributed by atoms with Crippen LogP contribution in [0.25, 0.3) is 71.6 Å². The van der Waals surface area contributed by atoms with E-state index >= 15 is 0 Å². The molecule has 3 heterocycles. The van der Waals surface area contributed by atoms with Gasteiger partial charge in [0.05, 0.1) is 33.3 Å². The lowest BCUT2D eigenvalue weighted by Gasteiger charge is -2.16. The number of nitrogens with zero attached hydrogens (tertiary/aromatic N) is 3. The second kappa shape index (κ2) is 9.28. The fourth-order valence-corrected chi connectivity index (χ4v) is 7.21. The molecule has 3 nitrogen and oxygen atoms in total. The summed E-state index contributed by atoms with van der Waals surface area (Å²) >= 11 is 6.35. The summed E-state index contributed by atoms with van der Waals surface area (Å²) in [6.45, 7) is 0. The number of benzene rings is 6. The van der Waals surface area contributed by atoms with Crippen molar-refractivity contribution in [3.8, 4) is 22.5 Å². The van der Waals surface area contributed by atoms with Crippen molar-refractivity contribution < 1.29 is 0 Å². The lowest BCUT2D eigenvalue weighted by atomic mass is 10.0. The van der Waals surface area contributed by atoms with Crippen LogP contribution >= 0.6 is 12.2 Å². The smallest absolute Gasteiger partial charge is 0.190 e. The highest BCUT2D eigenvalue weighted by Gasteiger charge is 2.23. The van der Waals surface area contributed by atoms with Gasteiger partial charge in [0.2, 0.25) is 0 Å². The second-order valence-electron chi connectivity index (χ2n) is 11.0. The molecular formula is C39H25N3S. The fourth-order valence-electron chi connectivity index (χ4n) is 6.82. The standard InChI is InChI=1S/C39H25N3S/c43-39-40(28-15-5-2-6-16-28)34-21-11-8-18-30(34)38-37(31-19-9-12-22-35(31)42(38)39)41-33-20-10-7-17-29(33)32-25-27(23-24-36(32)41)26-13-3-1-4-14-26/h1-25H. The van der Waals surface area contributed by atoms with Crippen molar-refractivity contribution in [2.75, 3.05) is 0 Å². The van der Waals surface area contributed by atoms with E-state index in [1.54, 1.807) is 0 Å². The molecular weight excluding hydrogens is 543 g/mol. The van der Waals surface area contributed by atoms with Crippen LogP contribution in [-0.2, 0) is 0 Å². The molecule has 43 heavy (non-hydrogen) atoms. The Morgan fingerprint density at radius 3 is 1.70 bits per heavy atom. The highest BCUT2D eigenvalue weighted by molar-refractivity contribution is 7.71. The van der Waals surface area contributed by atoms with Gasteiger partial charge in [0, 0.05) is 27.2 Å². The normalized spacial score (nSPS) is 11.8. The maximum Gasteiger partial charge on any atom is 0.190 e. The molecule has 3 aromatic heterocycles. The summed E-state index contributed by atoms with van der Waals surface area (Å²) in [5.74, 6) is 0. The molecule has 0 aliphatic carbocycles. The Kier molecular flexibility index (Phi) is 5.22. The molecule has 0 saturated carbocycles. The van der Waals surface area contributed by atoms with Crippen molar-refractivity contribution in [3.63, 3.8) is 0 Å². The first-order valence-electron chi connectivity index (χ1n) is 14.5. The molecule has 0 radical (unpaired) electrons. The number of aromatic nitrogens is 3. The zero-order valence-electron chi connectivity index (χ0n) is 23.2. The summed E-state index contributed by atoms with van der Waals surface area (Å²) in [4.78, 5) is 0. The minimum atomic E-state index is 0.745. The highest BCUT2D eigenvalue weighted by atomic mass is 32.1. The van der Waals surface area contributed by atoms with Gasteiger partial charge in [-0.3, -0.25) is 8.97 Å². The van der Waals surface area contributed by atoms with Crippen LogP contribution in [-0.4, -0.2) is 13.5 Å². The number of fused-ring (bicyclic) bond motifs is 8. The van der Waals surface area contributed by atoms with E-state index in [4.69, 9.17) is 12.2 Å². The van der Waals surface area contributed by atoms with Crippen molar-refractivity contribution in [2.24, 2.45) is 0 Å². The number of rotatable bonds is 3. The van der Waals surface area contributed by atoms with E-state index in [0.717, 1.165) is 38.1 Å². The van der Waals surface area contributed by atoms with Crippen molar-refractivity contribution in [1.82, 2.24) is 13.5 Å². The quantitative estimate of drug-likeness (QED) is 0.194. The second-order valence-corrected chi connectivity index (χ2v) is 11.3. The largest absolute Gasteiger partial charge is 0.306 e. The molecule has 6 aromatic carbocycles. The third kappa shape index (κ3) is 3.44. The first kappa shape index (κ1) is 24.2. The lowest BCUT2D eigenvalue weighted by Crippen LogP contribution is -2.05. The summed E-state index contributed by atoms with van der Waals surface area (Å²) < 4.78 is 7.67. The molecule has 0 fully saturated rings. The van der Waals surface area contributed by atoms with E-state index < -0.39 is 0 Å². The Bertz CT molecular complexity index is 2570. The van der Waals surface area contributed by atoms with Gasteiger partial charge >= 0.3 is 0 Å². The summed E-state index contributed by atoms with van der Waals surface area (Å²) in [7, 11) is 0. The van der Waals surface area contributed by atoms with E-state index in [9.17, 15) is 0 Å². The molecule has 0 atom stereocenters. The van der Waals surface area contributed by atoms with Crippen LogP contribution in [0.15, 0.2) is 152 Å². The average Bonchev–Trinajstić information content (AvgIpc) is 3.58. The molecule has 0 N–H and O–H groups in total. The van der Waals surface area contributed by atoms with Crippen molar-refractivity contribution >= 4 is 61.3 Å². The average molecular weight is 568 g/mol. The molecule has 0 aliphatic heterocycles. The van der Waals surface area contributed by atoms with E-state index in [-0.39, 0.29) is 0 Å². The Labute approximate surface area is 253 Å².